The summed E-state index contributed by atoms with van der Waals surface area (Å²) in [6.07, 6.45) is 0. The number of hydrogen-bond donors (Lipinski definition) is 1. The van der Waals surface area contributed by atoms with E-state index in [4.69, 9.17) is 10.5 Å². The molecule has 0 heterocycles. The Morgan fingerprint density at radius 3 is 2.22 bits per heavy atom. The molecule has 0 aliphatic carbocycles. The molecule has 18 heavy (non-hydrogen) atoms. The number of amides is 1. The van der Waals surface area contributed by atoms with Crippen LogP contribution in [0.4, 0.5) is 0 Å². The molecule has 2 N–H and O–H groups in total. The van der Waals surface area contributed by atoms with Crippen LogP contribution in [-0.2, 0) is 11.3 Å². The minimum absolute atomic E-state index is 0.0270. The van der Waals surface area contributed by atoms with Crippen molar-refractivity contribution in [1.82, 2.24) is 4.90 Å². The number of rotatable bonds is 5. The Labute approximate surface area is 109 Å². The number of carbonyl (C=O) groups excluding carboxylic acids is 1. The molecule has 1 rings (SSSR count). The number of methoxy groups -OCH3 is 1. The number of carbonyl (C=O) groups is 1. The Hall–Kier alpha value is -1.55. The lowest BCUT2D eigenvalue weighted by Gasteiger charge is -2.28. The van der Waals surface area contributed by atoms with Crippen LogP contribution < -0.4 is 10.5 Å². The van der Waals surface area contributed by atoms with Crippen molar-refractivity contribution < 1.29 is 9.53 Å². The van der Waals surface area contributed by atoms with E-state index in [1.54, 1.807) is 18.9 Å². The summed E-state index contributed by atoms with van der Waals surface area (Å²) in [5.41, 5.74) is 6.73. The van der Waals surface area contributed by atoms with Gasteiger partial charge in [-0.15, -0.1) is 0 Å². The Morgan fingerprint density at radius 1 is 1.28 bits per heavy atom. The fourth-order valence-corrected chi connectivity index (χ4v) is 1.70. The molecule has 1 amide bonds. The molecular weight excluding hydrogens is 228 g/mol. The van der Waals surface area contributed by atoms with E-state index in [0.29, 0.717) is 6.54 Å². The van der Waals surface area contributed by atoms with Gasteiger partial charge in [-0.05, 0) is 38.5 Å². The zero-order valence-electron chi connectivity index (χ0n) is 11.5. The maximum absolute atomic E-state index is 12.0. The number of nitrogens with two attached hydrogens (primary N) is 1. The van der Waals surface area contributed by atoms with Crippen LogP contribution in [0.1, 0.15) is 26.3 Å². The molecule has 1 aromatic rings. The predicted molar refractivity (Wildman–Crippen MR) is 72.3 cm³/mol. The molecule has 0 aromatic heterocycles. The van der Waals surface area contributed by atoms with Gasteiger partial charge in [-0.1, -0.05) is 12.1 Å². The van der Waals surface area contributed by atoms with E-state index in [1.165, 1.54) is 0 Å². The summed E-state index contributed by atoms with van der Waals surface area (Å²) in [6, 6.07) is 7.37. The molecule has 0 saturated heterocycles. The molecule has 0 aliphatic heterocycles. The van der Waals surface area contributed by atoms with E-state index >= 15 is 0 Å². The van der Waals surface area contributed by atoms with Crippen molar-refractivity contribution in [3.8, 4) is 5.75 Å². The molecule has 4 heteroatoms. The summed E-state index contributed by atoms with van der Waals surface area (Å²) in [6.45, 7) is 6.27. The highest BCUT2D eigenvalue weighted by Crippen LogP contribution is 2.14. The summed E-state index contributed by atoms with van der Waals surface area (Å²) in [7, 11) is 1.63. The second kappa shape index (κ2) is 6.40. The Balaban J connectivity index is 2.80. The molecule has 0 radical (unpaired) electrons. The average molecular weight is 250 g/mol. The lowest BCUT2D eigenvalue weighted by molar-refractivity contribution is -0.134. The van der Waals surface area contributed by atoms with E-state index in [-0.39, 0.29) is 11.9 Å². The summed E-state index contributed by atoms with van der Waals surface area (Å²) in [5.74, 6) is 0.786. The fourth-order valence-electron chi connectivity index (χ4n) is 1.70. The Kier molecular flexibility index (Phi) is 5.16. The summed E-state index contributed by atoms with van der Waals surface area (Å²) >= 11 is 0. The SMILES string of the molecule is COc1ccc(CN(C(=O)[C@H](C)N)C(C)C)cc1. The zero-order chi connectivity index (χ0) is 13.7. The second-order valence-electron chi connectivity index (χ2n) is 4.70. The fraction of sp³-hybridized carbons (Fsp3) is 0.500. The maximum atomic E-state index is 12.0. The van der Waals surface area contributed by atoms with Gasteiger partial charge >= 0.3 is 0 Å². The van der Waals surface area contributed by atoms with Crippen LogP contribution in [0.25, 0.3) is 0 Å². The van der Waals surface area contributed by atoms with Gasteiger partial charge in [0.05, 0.1) is 13.2 Å². The van der Waals surface area contributed by atoms with Gasteiger partial charge in [-0.25, -0.2) is 0 Å². The van der Waals surface area contributed by atoms with Crippen molar-refractivity contribution in [3.05, 3.63) is 29.8 Å². The van der Waals surface area contributed by atoms with Crippen LogP contribution in [-0.4, -0.2) is 30.0 Å². The second-order valence-corrected chi connectivity index (χ2v) is 4.70. The maximum Gasteiger partial charge on any atom is 0.239 e. The normalized spacial score (nSPS) is 12.3. The largest absolute Gasteiger partial charge is 0.497 e. The van der Waals surface area contributed by atoms with Gasteiger partial charge in [0.25, 0.3) is 0 Å². The lowest BCUT2D eigenvalue weighted by Crippen LogP contribution is -2.45. The van der Waals surface area contributed by atoms with E-state index in [2.05, 4.69) is 0 Å². The van der Waals surface area contributed by atoms with Gasteiger partial charge < -0.3 is 15.4 Å². The van der Waals surface area contributed by atoms with Crippen LogP contribution in [0.2, 0.25) is 0 Å². The number of hydrogen-bond acceptors (Lipinski definition) is 3. The third-order valence-electron chi connectivity index (χ3n) is 2.81. The number of nitrogens with zero attached hydrogens (tertiary/aromatic N) is 1. The minimum Gasteiger partial charge on any atom is -0.497 e. The standard InChI is InChI=1S/C14H22N2O2/c1-10(2)16(14(17)11(3)15)9-12-5-7-13(18-4)8-6-12/h5-8,10-11H,9,15H2,1-4H3/t11-/m0/s1. The van der Waals surface area contributed by atoms with Crippen LogP contribution in [0, 0.1) is 0 Å². The van der Waals surface area contributed by atoms with Gasteiger partial charge in [0.1, 0.15) is 5.75 Å². The van der Waals surface area contributed by atoms with Crippen LogP contribution in [0.3, 0.4) is 0 Å². The van der Waals surface area contributed by atoms with E-state index < -0.39 is 6.04 Å². The van der Waals surface area contributed by atoms with Crippen molar-refractivity contribution >= 4 is 5.91 Å². The monoisotopic (exact) mass is 250 g/mol. The van der Waals surface area contributed by atoms with Crippen molar-refractivity contribution in [2.45, 2.75) is 39.4 Å². The number of ether oxygens (including phenoxy) is 1. The first-order chi connectivity index (χ1) is 8.45. The Morgan fingerprint density at radius 2 is 1.83 bits per heavy atom. The summed E-state index contributed by atoms with van der Waals surface area (Å²) < 4.78 is 5.11. The van der Waals surface area contributed by atoms with Gasteiger partial charge in [-0.3, -0.25) is 4.79 Å². The van der Waals surface area contributed by atoms with Gasteiger partial charge in [-0.2, -0.15) is 0 Å². The zero-order valence-corrected chi connectivity index (χ0v) is 11.5. The average Bonchev–Trinajstić information content (AvgIpc) is 2.35. The highest BCUT2D eigenvalue weighted by atomic mass is 16.5. The van der Waals surface area contributed by atoms with E-state index in [1.807, 2.05) is 38.1 Å². The minimum atomic E-state index is -0.467. The summed E-state index contributed by atoms with van der Waals surface area (Å²) in [5, 5.41) is 0. The predicted octanol–water partition coefficient (Wildman–Crippen LogP) is 1.78. The third kappa shape index (κ3) is 3.74. The first kappa shape index (κ1) is 14.5. The van der Waals surface area contributed by atoms with Crippen LogP contribution in [0.5, 0.6) is 5.75 Å². The van der Waals surface area contributed by atoms with Gasteiger partial charge in [0, 0.05) is 12.6 Å². The molecule has 0 unspecified atom stereocenters. The Bertz CT molecular complexity index is 385. The van der Waals surface area contributed by atoms with Gasteiger partial charge in [0.15, 0.2) is 0 Å². The third-order valence-corrected chi connectivity index (χ3v) is 2.81. The van der Waals surface area contributed by atoms with E-state index in [9.17, 15) is 4.79 Å². The van der Waals surface area contributed by atoms with E-state index in [0.717, 1.165) is 11.3 Å². The molecular formula is C14H22N2O2. The molecule has 1 aromatic carbocycles. The molecule has 0 saturated carbocycles. The molecule has 0 fully saturated rings. The molecule has 0 bridgehead atoms. The highest BCUT2D eigenvalue weighted by molar-refractivity contribution is 5.81. The topological polar surface area (TPSA) is 55.6 Å². The van der Waals surface area contributed by atoms with Crippen molar-refractivity contribution in [2.24, 2.45) is 5.73 Å². The molecule has 4 nitrogen and oxygen atoms in total. The molecule has 0 aliphatic rings. The molecule has 100 valence electrons. The van der Waals surface area contributed by atoms with Gasteiger partial charge in [0.2, 0.25) is 5.91 Å². The smallest absolute Gasteiger partial charge is 0.239 e. The van der Waals surface area contributed by atoms with Crippen molar-refractivity contribution in [3.63, 3.8) is 0 Å². The summed E-state index contributed by atoms with van der Waals surface area (Å²) in [4.78, 5) is 13.8. The quantitative estimate of drug-likeness (QED) is 0.866. The van der Waals surface area contributed by atoms with Crippen molar-refractivity contribution in [1.29, 1.82) is 0 Å². The van der Waals surface area contributed by atoms with Crippen LogP contribution >= 0.6 is 0 Å². The number of benzene rings is 1. The molecule has 0 spiro atoms. The molecule has 1 atom stereocenters. The first-order valence-corrected chi connectivity index (χ1v) is 6.14. The first-order valence-electron chi connectivity index (χ1n) is 6.14. The van der Waals surface area contributed by atoms with Crippen molar-refractivity contribution in [2.75, 3.05) is 7.11 Å². The highest BCUT2D eigenvalue weighted by Gasteiger charge is 2.20. The lowest BCUT2D eigenvalue weighted by atomic mass is 10.1. The van der Waals surface area contributed by atoms with Crippen LogP contribution in [0.15, 0.2) is 24.3 Å².